The Labute approximate surface area is 183 Å². The number of hydrogen-bond donors (Lipinski definition) is 0. The predicted molar refractivity (Wildman–Crippen MR) is 127 cm³/mol. The lowest BCUT2D eigenvalue weighted by molar-refractivity contribution is -0.135. The van der Waals surface area contributed by atoms with Gasteiger partial charge in [0.05, 0.1) is 18.9 Å². The summed E-state index contributed by atoms with van der Waals surface area (Å²) < 4.78 is 7.39. The lowest BCUT2D eigenvalue weighted by Gasteiger charge is -2.27. The van der Waals surface area contributed by atoms with E-state index in [2.05, 4.69) is 43.0 Å². The van der Waals surface area contributed by atoms with Crippen molar-refractivity contribution in [1.29, 1.82) is 0 Å². The number of rotatable bonds is 7. The number of hydrogen-bond acceptors (Lipinski definition) is 4. The van der Waals surface area contributed by atoms with E-state index in [0.29, 0.717) is 32.8 Å². The van der Waals surface area contributed by atoms with Crippen molar-refractivity contribution in [3.63, 3.8) is 0 Å². The highest BCUT2D eigenvalue weighted by Crippen LogP contribution is 2.23. The van der Waals surface area contributed by atoms with Crippen molar-refractivity contribution in [3.8, 4) is 0 Å². The van der Waals surface area contributed by atoms with Gasteiger partial charge < -0.3 is 19.1 Å². The van der Waals surface area contributed by atoms with Gasteiger partial charge in [-0.3, -0.25) is 9.79 Å². The Morgan fingerprint density at radius 2 is 1.77 bits per heavy atom. The van der Waals surface area contributed by atoms with Crippen molar-refractivity contribution in [2.24, 2.45) is 4.99 Å². The third-order valence-corrected chi connectivity index (χ3v) is 5.82. The molecule has 0 bridgehead atoms. The van der Waals surface area contributed by atoms with Gasteiger partial charge in [0.1, 0.15) is 6.54 Å². The highest BCUT2D eigenvalue weighted by atomic mass is 16.5. The molecular weight excluding hydrogens is 388 g/mol. The minimum Gasteiger partial charge on any atom is -0.378 e. The summed E-state index contributed by atoms with van der Waals surface area (Å²) >= 11 is 0. The minimum atomic E-state index is 0.125. The van der Waals surface area contributed by atoms with Crippen molar-refractivity contribution < 1.29 is 9.53 Å². The van der Waals surface area contributed by atoms with Crippen LogP contribution in [-0.2, 0) is 16.1 Å². The minimum absolute atomic E-state index is 0.125. The van der Waals surface area contributed by atoms with Gasteiger partial charge in [0.25, 0.3) is 0 Å². The van der Waals surface area contributed by atoms with E-state index >= 15 is 0 Å². The summed E-state index contributed by atoms with van der Waals surface area (Å²) in [5.74, 6) is 0.125. The average molecular weight is 419 g/mol. The van der Waals surface area contributed by atoms with E-state index in [0.717, 1.165) is 35.2 Å². The molecule has 4 rings (SSSR count). The van der Waals surface area contributed by atoms with E-state index in [9.17, 15) is 4.79 Å². The van der Waals surface area contributed by atoms with Gasteiger partial charge in [-0.15, -0.1) is 0 Å². The van der Waals surface area contributed by atoms with Crippen LogP contribution in [0.15, 0.2) is 59.7 Å². The third-order valence-electron chi connectivity index (χ3n) is 5.82. The second-order valence-corrected chi connectivity index (χ2v) is 7.67. The first-order chi connectivity index (χ1) is 15.2. The van der Waals surface area contributed by atoms with E-state index in [4.69, 9.17) is 9.73 Å². The monoisotopic (exact) mass is 418 g/mol. The van der Waals surface area contributed by atoms with Crippen molar-refractivity contribution in [2.75, 3.05) is 44.3 Å². The SMILES string of the molecule is CCN(CC)c1ccc(N=Cc2cn(CC(=O)N3CCOCC3)c3ccccc23)cc1. The van der Waals surface area contributed by atoms with E-state index < -0.39 is 0 Å². The predicted octanol–water partition coefficient (Wildman–Crippen LogP) is 4.10. The quantitative estimate of drug-likeness (QED) is 0.543. The number of ether oxygens (including phenoxy) is 1. The number of amides is 1. The number of aromatic nitrogens is 1. The Balaban J connectivity index is 1.54. The molecule has 1 aliphatic heterocycles. The number of morpholine rings is 1. The maximum Gasteiger partial charge on any atom is 0.242 e. The molecule has 0 unspecified atom stereocenters. The standard InChI is InChI=1S/C25H30N4O2/c1-3-27(4-2)22-11-9-21(10-12-22)26-17-20-18-29(24-8-6-5-7-23(20)24)19-25(30)28-13-15-31-16-14-28/h5-12,17-18H,3-4,13-16,19H2,1-2H3. The topological polar surface area (TPSA) is 50.1 Å². The fraction of sp³-hybridized carbons (Fsp3) is 0.360. The van der Waals surface area contributed by atoms with Crippen LogP contribution >= 0.6 is 0 Å². The Kier molecular flexibility index (Phi) is 6.67. The molecule has 1 saturated heterocycles. The second-order valence-electron chi connectivity index (χ2n) is 7.67. The molecule has 1 aromatic heterocycles. The van der Waals surface area contributed by atoms with Crippen LogP contribution in [0.5, 0.6) is 0 Å². The highest BCUT2D eigenvalue weighted by Gasteiger charge is 2.18. The smallest absolute Gasteiger partial charge is 0.242 e. The normalized spacial score (nSPS) is 14.5. The molecule has 6 nitrogen and oxygen atoms in total. The summed E-state index contributed by atoms with van der Waals surface area (Å²) in [7, 11) is 0. The summed E-state index contributed by atoms with van der Waals surface area (Å²) in [5.41, 5.74) is 4.18. The van der Waals surface area contributed by atoms with Gasteiger partial charge in [0.15, 0.2) is 0 Å². The summed E-state index contributed by atoms with van der Waals surface area (Å²) in [6, 6.07) is 16.5. The maximum atomic E-state index is 12.7. The van der Waals surface area contributed by atoms with E-state index in [1.807, 2.05) is 46.1 Å². The van der Waals surface area contributed by atoms with Gasteiger partial charge in [-0.25, -0.2) is 0 Å². The van der Waals surface area contributed by atoms with Gasteiger partial charge in [0, 0.05) is 60.7 Å². The summed E-state index contributed by atoms with van der Waals surface area (Å²) in [6.45, 7) is 9.18. The van der Waals surface area contributed by atoms with Crippen LogP contribution in [0.3, 0.4) is 0 Å². The molecule has 0 spiro atoms. The first-order valence-electron chi connectivity index (χ1n) is 11.0. The zero-order valence-corrected chi connectivity index (χ0v) is 18.3. The molecule has 162 valence electrons. The number of benzene rings is 2. The number of carbonyl (C=O) groups excluding carboxylic acids is 1. The number of fused-ring (bicyclic) bond motifs is 1. The molecule has 6 heteroatoms. The van der Waals surface area contributed by atoms with Crippen LogP contribution in [0.25, 0.3) is 10.9 Å². The molecule has 2 heterocycles. The second kappa shape index (κ2) is 9.79. The Bertz CT molecular complexity index is 1050. The molecule has 0 N–H and O–H groups in total. The largest absolute Gasteiger partial charge is 0.378 e. The fourth-order valence-electron chi connectivity index (χ4n) is 4.05. The molecular formula is C25H30N4O2. The molecule has 0 radical (unpaired) electrons. The summed E-state index contributed by atoms with van der Waals surface area (Å²) in [4.78, 5) is 21.6. The zero-order valence-electron chi connectivity index (χ0n) is 18.3. The third kappa shape index (κ3) is 4.80. The summed E-state index contributed by atoms with van der Waals surface area (Å²) in [5, 5.41) is 1.10. The van der Waals surface area contributed by atoms with Crippen molar-refractivity contribution in [3.05, 3.63) is 60.3 Å². The van der Waals surface area contributed by atoms with Gasteiger partial charge in [-0.05, 0) is 44.2 Å². The van der Waals surface area contributed by atoms with E-state index in [1.165, 1.54) is 5.69 Å². The Hall–Kier alpha value is -3.12. The van der Waals surface area contributed by atoms with Crippen molar-refractivity contribution >= 4 is 34.4 Å². The Morgan fingerprint density at radius 1 is 1.06 bits per heavy atom. The lowest BCUT2D eigenvalue weighted by Crippen LogP contribution is -2.42. The molecule has 0 atom stereocenters. The van der Waals surface area contributed by atoms with Crippen LogP contribution in [0, 0.1) is 0 Å². The molecule has 0 aliphatic carbocycles. The number of nitrogens with zero attached hydrogens (tertiary/aromatic N) is 4. The lowest BCUT2D eigenvalue weighted by atomic mass is 10.2. The van der Waals surface area contributed by atoms with E-state index in [-0.39, 0.29) is 5.91 Å². The fourth-order valence-corrected chi connectivity index (χ4v) is 4.05. The average Bonchev–Trinajstić information content (AvgIpc) is 3.17. The van der Waals surface area contributed by atoms with Gasteiger partial charge in [-0.1, -0.05) is 18.2 Å². The molecule has 3 aromatic rings. The number of aliphatic imine (C=N–C) groups is 1. The zero-order chi connectivity index (χ0) is 21.6. The van der Waals surface area contributed by atoms with Crippen LogP contribution in [0.4, 0.5) is 11.4 Å². The molecule has 0 saturated carbocycles. The molecule has 1 fully saturated rings. The van der Waals surface area contributed by atoms with Gasteiger partial charge in [0.2, 0.25) is 5.91 Å². The Morgan fingerprint density at radius 3 is 2.48 bits per heavy atom. The van der Waals surface area contributed by atoms with Gasteiger partial charge >= 0.3 is 0 Å². The number of anilines is 1. The van der Waals surface area contributed by atoms with Crippen molar-refractivity contribution in [2.45, 2.75) is 20.4 Å². The molecule has 1 aliphatic rings. The maximum absolute atomic E-state index is 12.7. The van der Waals surface area contributed by atoms with Crippen LogP contribution in [0.1, 0.15) is 19.4 Å². The van der Waals surface area contributed by atoms with Crippen molar-refractivity contribution in [1.82, 2.24) is 9.47 Å². The number of para-hydroxylation sites is 1. The van der Waals surface area contributed by atoms with E-state index in [1.54, 1.807) is 0 Å². The molecule has 2 aromatic carbocycles. The first kappa shape index (κ1) is 21.1. The first-order valence-corrected chi connectivity index (χ1v) is 11.0. The summed E-state index contributed by atoms with van der Waals surface area (Å²) in [6.07, 6.45) is 3.92. The molecule has 1 amide bonds. The van der Waals surface area contributed by atoms with Crippen LogP contribution < -0.4 is 4.90 Å². The van der Waals surface area contributed by atoms with Crippen LogP contribution in [0.2, 0.25) is 0 Å². The highest BCUT2D eigenvalue weighted by molar-refractivity contribution is 6.00. The number of carbonyl (C=O) groups is 1. The van der Waals surface area contributed by atoms with Gasteiger partial charge in [-0.2, -0.15) is 0 Å². The van der Waals surface area contributed by atoms with Crippen LogP contribution in [-0.4, -0.2) is 61.0 Å². The molecule has 31 heavy (non-hydrogen) atoms.